The molecule has 5 nitrogen and oxygen atoms in total. The number of hydrogen-bond acceptors (Lipinski definition) is 3. The molecule has 0 aromatic heterocycles. The van der Waals surface area contributed by atoms with Gasteiger partial charge in [-0.25, -0.2) is 4.79 Å². The molecular weight excluding hydrogens is 328 g/mol. The molecule has 134 valence electrons. The summed E-state index contributed by atoms with van der Waals surface area (Å²) in [5.74, 6) is 0.703. The third kappa shape index (κ3) is 2.83. The SMILES string of the molecule is COc1ccc(CCN2C(=O)NC3(CCc4ccccc4C3)C2=O)cc1. The molecule has 0 saturated carbocycles. The summed E-state index contributed by atoms with van der Waals surface area (Å²) in [5.41, 5.74) is 2.73. The van der Waals surface area contributed by atoms with Crippen molar-refractivity contribution in [2.24, 2.45) is 0 Å². The molecule has 1 aliphatic carbocycles. The highest BCUT2D eigenvalue weighted by molar-refractivity contribution is 6.07. The quantitative estimate of drug-likeness (QED) is 0.863. The largest absolute Gasteiger partial charge is 0.497 e. The standard InChI is InChI=1S/C21H22N2O3/c1-26-18-8-6-15(7-9-18)11-13-23-19(24)21(22-20(23)25)12-10-16-4-2-3-5-17(16)14-21/h2-9H,10-14H2,1H3,(H,22,25). The summed E-state index contributed by atoms with van der Waals surface area (Å²) in [4.78, 5) is 26.9. The van der Waals surface area contributed by atoms with Gasteiger partial charge in [-0.05, 0) is 48.1 Å². The van der Waals surface area contributed by atoms with Crippen LogP contribution in [0, 0.1) is 0 Å². The monoisotopic (exact) mass is 350 g/mol. The van der Waals surface area contributed by atoms with E-state index >= 15 is 0 Å². The first-order chi connectivity index (χ1) is 12.6. The Morgan fingerprint density at radius 1 is 1.08 bits per heavy atom. The van der Waals surface area contributed by atoms with Gasteiger partial charge in [-0.2, -0.15) is 0 Å². The van der Waals surface area contributed by atoms with Crippen molar-refractivity contribution in [1.29, 1.82) is 0 Å². The molecule has 1 spiro atoms. The summed E-state index contributed by atoms with van der Waals surface area (Å²) < 4.78 is 5.16. The van der Waals surface area contributed by atoms with Crippen LogP contribution >= 0.6 is 0 Å². The van der Waals surface area contributed by atoms with Gasteiger partial charge < -0.3 is 10.1 Å². The van der Waals surface area contributed by atoms with E-state index in [1.54, 1.807) is 7.11 Å². The van der Waals surface area contributed by atoms with Crippen LogP contribution in [0.15, 0.2) is 48.5 Å². The van der Waals surface area contributed by atoms with Gasteiger partial charge in [-0.1, -0.05) is 36.4 Å². The lowest BCUT2D eigenvalue weighted by molar-refractivity contribution is -0.131. The summed E-state index contributed by atoms with van der Waals surface area (Å²) in [6.45, 7) is 0.389. The van der Waals surface area contributed by atoms with Crippen molar-refractivity contribution >= 4 is 11.9 Å². The highest BCUT2D eigenvalue weighted by Crippen LogP contribution is 2.33. The van der Waals surface area contributed by atoms with Crippen LogP contribution in [0.2, 0.25) is 0 Å². The van der Waals surface area contributed by atoms with E-state index in [4.69, 9.17) is 4.74 Å². The summed E-state index contributed by atoms with van der Waals surface area (Å²) in [5, 5.41) is 2.98. The number of fused-ring (bicyclic) bond motifs is 1. The van der Waals surface area contributed by atoms with E-state index in [1.807, 2.05) is 36.4 Å². The summed E-state index contributed by atoms with van der Waals surface area (Å²) in [6.07, 6.45) is 2.69. The summed E-state index contributed by atoms with van der Waals surface area (Å²) in [7, 11) is 1.63. The third-order valence-electron chi connectivity index (χ3n) is 5.46. The number of methoxy groups -OCH3 is 1. The molecule has 26 heavy (non-hydrogen) atoms. The Morgan fingerprint density at radius 3 is 2.54 bits per heavy atom. The van der Waals surface area contributed by atoms with Crippen molar-refractivity contribution in [2.75, 3.05) is 13.7 Å². The second kappa shape index (κ2) is 6.48. The fourth-order valence-electron chi connectivity index (χ4n) is 3.94. The minimum Gasteiger partial charge on any atom is -0.497 e. The van der Waals surface area contributed by atoms with Crippen molar-refractivity contribution in [1.82, 2.24) is 10.2 Å². The van der Waals surface area contributed by atoms with E-state index in [0.29, 0.717) is 25.8 Å². The predicted molar refractivity (Wildman–Crippen MR) is 98.1 cm³/mol. The first-order valence-electron chi connectivity index (χ1n) is 8.95. The minimum absolute atomic E-state index is 0.0921. The molecule has 1 saturated heterocycles. The summed E-state index contributed by atoms with van der Waals surface area (Å²) >= 11 is 0. The third-order valence-corrected chi connectivity index (χ3v) is 5.46. The van der Waals surface area contributed by atoms with E-state index in [0.717, 1.165) is 23.3 Å². The number of aryl methyl sites for hydroxylation is 1. The Kier molecular flexibility index (Phi) is 4.15. The maximum Gasteiger partial charge on any atom is 0.325 e. The zero-order valence-electron chi connectivity index (χ0n) is 14.8. The van der Waals surface area contributed by atoms with E-state index in [-0.39, 0.29) is 11.9 Å². The van der Waals surface area contributed by atoms with Crippen LogP contribution in [-0.2, 0) is 24.1 Å². The fraction of sp³-hybridized carbons (Fsp3) is 0.333. The number of ether oxygens (including phenoxy) is 1. The molecule has 4 rings (SSSR count). The lowest BCUT2D eigenvalue weighted by Gasteiger charge is -2.32. The average Bonchev–Trinajstić information content (AvgIpc) is 2.90. The second-order valence-corrected chi connectivity index (χ2v) is 7.01. The van der Waals surface area contributed by atoms with Gasteiger partial charge in [-0.3, -0.25) is 9.69 Å². The molecule has 2 aromatic carbocycles. The number of imide groups is 1. The average molecular weight is 350 g/mol. The molecule has 2 aliphatic rings. The van der Waals surface area contributed by atoms with E-state index < -0.39 is 5.54 Å². The van der Waals surface area contributed by atoms with Crippen LogP contribution in [-0.4, -0.2) is 36.0 Å². The van der Waals surface area contributed by atoms with Gasteiger partial charge in [-0.15, -0.1) is 0 Å². The smallest absolute Gasteiger partial charge is 0.325 e. The van der Waals surface area contributed by atoms with Gasteiger partial charge >= 0.3 is 6.03 Å². The fourth-order valence-corrected chi connectivity index (χ4v) is 3.94. The second-order valence-electron chi connectivity index (χ2n) is 7.01. The maximum atomic E-state index is 13.0. The molecule has 1 heterocycles. The van der Waals surface area contributed by atoms with Gasteiger partial charge in [0.25, 0.3) is 5.91 Å². The van der Waals surface area contributed by atoms with E-state index in [1.165, 1.54) is 10.5 Å². The van der Waals surface area contributed by atoms with E-state index in [2.05, 4.69) is 17.4 Å². The minimum atomic E-state index is -0.772. The lowest BCUT2D eigenvalue weighted by Crippen LogP contribution is -2.51. The number of carbonyl (C=O) groups excluding carboxylic acids is 2. The van der Waals surface area contributed by atoms with Crippen LogP contribution in [0.3, 0.4) is 0 Å². The number of urea groups is 1. The Labute approximate surface area is 153 Å². The van der Waals surface area contributed by atoms with Crippen LogP contribution < -0.4 is 10.1 Å². The lowest BCUT2D eigenvalue weighted by atomic mass is 9.78. The van der Waals surface area contributed by atoms with Crippen molar-refractivity contribution in [3.8, 4) is 5.75 Å². The Morgan fingerprint density at radius 2 is 1.81 bits per heavy atom. The number of nitrogens with zero attached hydrogens (tertiary/aromatic N) is 1. The number of carbonyl (C=O) groups is 2. The van der Waals surface area contributed by atoms with Crippen LogP contribution in [0.5, 0.6) is 5.75 Å². The molecule has 1 fully saturated rings. The van der Waals surface area contributed by atoms with Crippen molar-refractivity contribution in [3.05, 3.63) is 65.2 Å². The molecule has 1 unspecified atom stereocenters. The molecule has 5 heteroatoms. The predicted octanol–water partition coefficient (Wildman–Crippen LogP) is 2.72. The van der Waals surface area contributed by atoms with Crippen molar-refractivity contribution in [2.45, 2.75) is 31.2 Å². The summed E-state index contributed by atoms with van der Waals surface area (Å²) in [6, 6.07) is 15.6. The highest BCUT2D eigenvalue weighted by atomic mass is 16.5. The van der Waals surface area contributed by atoms with Gasteiger partial charge in [0, 0.05) is 13.0 Å². The Balaban J connectivity index is 1.47. The number of nitrogens with one attached hydrogen (secondary N) is 1. The molecule has 1 aliphatic heterocycles. The Bertz CT molecular complexity index is 847. The number of hydrogen-bond donors (Lipinski definition) is 1. The van der Waals surface area contributed by atoms with Crippen LogP contribution in [0.4, 0.5) is 4.79 Å². The molecule has 1 atom stereocenters. The molecule has 0 radical (unpaired) electrons. The zero-order valence-corrected chi connectivity index (χ0v) is 14.8. The molecule has 2 aromatic rings. The first-order valence-corrected chi connectivity index (χ1v) is 8.95. The Hall–Kier alpha value is -2.82. The number of benzene rings is 2. The molecule has 1 N–H and O–H groups in total. The van der Waals surface area contributed by atoms with Gasteiger partial charge in [0.2, 0.25) is 0 Å². The highest BCUT2D eigenvalue weighted by Gasteiger charge is 2.51. The normalized spacial score (nSPS) is 21.7. The molecule has 3 amide bonds. The van der Waals surface area contributed by atoms with Gasteiger partial charge in [0.05, 0.1) is 7.11 Å². The topological polar surface area (TPSA) is 58.6 Å². The van der Waals surface area contributed by atoms with Gasteiger partial charge in [0.1, 0.15) is 11.3 Å². The number of amides is 3. The van der Waals surface area contributed by atoms with E-state index in [9.17, 15) is 9.59 Å². The van der Waals surface area contributed by atoms with Crippen molar-refractivity contribution < 1.29 is 14.3 Å². The zero-order chi connectivity index (χ0) is 18.1. The molecular formula is C21H22N2O3. The first kappa shape index (κ1) is 16.6. The maximum absolute atomic E-state index is 13.0. The number of rotatable bonds is 4. The van der Waals surface area contributed by atoms with Gasteiger partial charge in [0.15, 0.2) is 0 Å². The van der Waals surface area contributed by atoms with Crippen LogP contribution in [0.1, 0.15) is 23.1 Å². The van der Waals surface area contributed by atoms with Crippen LogP contribution in [0.25, 0.3) is 0 Å². The molecule has 0 bridgehead atoms. The van der Waals surface area contributed by atoms with Crippen molar-refractivity contribution in [3.63, 3.8) is 0 Å².